The number of carboxylic acids is 1. The minimum atomic E-state index is -0.994. The average Bonchev–Trinajstić information content (AvgIpc) is 2.93. The fourth-order valence-electron chi connectivity index (χ4n) is 5.47. The van der Waals surface area contributed by atoms with Crippen molar-refractivity contribution in [1.82, 2.24) is 10.2 Å². The molecule has 0 bridgehead atoms. The highest BCUT2D eigenvalue weighted by molar-refractivity contribution is 7.98. The van der Waals surface area contributed by atoms with Crippen LogP contribution in [0.5, 0.6) is 0 Å². The molecule has 0 heterocycles. The first-order valence-corrected chi connectivity index (χ1v) is 15.8. The number of hydrogen-bond acceptors (Lipinski definition) is 4. The van der Waals surface area contributed by atoms with Gasteiger partial charge in [-0.05, 0) is 91.6 Å². The quantitative estimate of drug-likeness (QED) is 0.252. The van der Waals surface area contributed by atoms with Gasteiger partial charge in [-0.2, -0.15) is 11.8 Å². The number of aryl methyl sites for hydroxylation is 1. The van der Waals surface area contributed by atoms with E-state index in [1.54, 1.807) is 11.8 Å². The number of aliphatic carboxylic acids is 1. The summed E-state index contributed by atoms with van der Waals surface area (Å²) in [5.41, 5.74) is 4.70. The number of nitrogens with one attached hydrogen (secondary N) is 1. The number of hydrogen-bond donors (Lipinski definition) is 2. The van der Waals surface area contributed by atoms with Crippen molar-refractivity contribution in [2.75, 3.05) is 25.1 Å². The summed E-state index contributed by atoms with van der Waals surface area (Å²) in [7, 11) is 0. The van der Waals surface area contributed by atoms with Gasteiger partial charge in [0.25, 0.3) is 5.91 Å². The number of carbonyl (C=O) groups excluding carboxylic acids is 1. The molecule has 2 aromatic rings. The predicted octanol–water partition coefficient (Wildman–Crippen LogP) is 7.17. The molecule has 0 radical (unpaired) electrons. The van der Waals surface area contributed by atoms with E-state index in [0.29, 0.717) is 17.7 Å². The second-order valence-electron chi connectivity index (χ2n) is 10.8. The van der Waals surface area contributed by atoms with Crippen LogP contribution in [0.25, 0.3) is 11.1 Å². The minimum absolute atomic E-state index is 0.330. The smallest absolute Gasteiger partial charge is 0.326 e. The SMILES string of the molecule is CCCCN(CCC1CCCCC1)Cc1ccc(C(=O)NC(CCSC)C(=O)O)c(-c2ccccc2C)c1. The highest BCUT2D eigenvalue weighted by atomic mass is 32.2. The molecule has 1 amide bonds. The molecule has 38 heavy (non-hydrogen) atoms. The second kappa shape index (κ2) is 15.9. The summed E-state index contributed by atoms with van der Waals surface area (Å²) in [4.78, 5) is 27.8. The fraction of sp³-hybridized carbons (Fsp3) is 0.562. The fourth-order valence-corrected chi connectivity index (χ4v) is 5.94. The summed E-state index contributed by atoms with van der Waals surface area (Å²) in [6.07, 6.45) is 12.9. The molecule has 1 aliphatic carbocycles. The maximum Gasteiger partial charge on any atom is 0.326 e. The van der Waals surface area contributed by atoms with Gasteiger partial charge in [-0.25, -0.2) is 4.79 Å². The molecule has 1 atom stereocenters. The maximum absolute atomic E-state index is 13.4. The van der Waals surface area contributed by atoms with Crippen LogP contribution >= 0.6 is 11.8 Å². The Morgan fingerprint density at radius 1 is 1.08 bits per heavy atom. The van der Waals surface area contributed by atoms with Crippen LogP contribution in [-0.2, 0) is 11.3 Å². The third-order valence-corrected chi connectivity index (χ3v) is 8.43. The molecule has 1 aliphatic rings. The second-order valence-corrected chi connectivity index (χ2v) is 11.7. The van der Waals surface area contributed by atoms with Gasteiger partial charge in [-0.3, -0.25) is 9.69 Å². The Bertz CT molecular complexity index is 1040. The van der Waals surface area contributed by atoms with Gasteiger partial charge >= 0.3 is 5.97 Å². The Morgan fingerprint density at radius 2 is 1.84 bits per heavy atom. The molecule has 2 aromatic carbocycles. The summed E-state index contributed by atoms with van der Waals surface area (Å²) >= 11 is 1.58. The zero-order chi connectivity index (χ0) is 27.3. The summed E-state index contributed by atoms with van der Waals surface area (Å²) in [6, 6.07) is 13.3. The van der Waals surface area contributed by atoms with Crippen LogP contribution in [0.15, 0.2) is 42.5 Å². The molecular formula is C32H46N2O3S. The summed E-state index contributed by atoms with van der Waals surface area (Å²) < 4.78 is 0. The lowest BCUT2D eigenvalue weighted by molar-refractivity contribution is -0.139. The van der Waals surface area contributed by atoms with Crippen molar-refractivity contribution in [3.63, 3.8) is 0 Å². The van der Waals surface area contributed by atoms with Gasteiger partial charge in [0.2, 0.25) is 0 Å². The van der Waals surface area contributed by atoms with E-state index in [2.05, 4.69) is 36.2 Å². The van der Waals surface area contributed by atoms with Gasteiger partial charge in [0.15, 0.2) is 0 Å². The molecule has 1 saturated carbocycles. The van der Waals surface area contributed by atoms with Gasteiger partial charge in [-0.1, -0.05) is 75.8 Å². The first-order chi connectivity index (χ1) is 18.4. The van der Waals surface area contributed by atoms with E-state index >= 15 is 0 Å². The Hall–Kier alpha value is -2.31. The Morgan fingerprint density at radius 3 is 2.53 bits per heavy atom. The van der Waals surface area contributed by atoms with Crippen molar-refractivity contribution < 1.29 is 14.7 Å². The number of amides is 1. The molecule has 208 valence electrons. The topological polar surface area (TPSA) is 69.6 Å². The molecule has 0 aromatic heterocycles. The summed E-state index contributed by atoms with van der Waals surface area (Å²) in [5.74, 6) is 0.208. The van der Waals surface area contributed by atoms with Crippen LogP contribution in [-0.4, -0.2) is 53.0 Å². The molecule has 3 rings (SSSR count). The van der Waals surface area contributed by atoms with Crippen molar-refractivity contribution >= 4 is 23.6 Å². The van der Waals surface area contributed by atoms with Crippen molar-refractivity contribution in [3.05, 3.63) is 59.2 Å². The standard InChI is InChI=1S/C32H46N2O3S/c1-4-5-19-34(20-17-25-12-7-6-8-13-25)23-26-15-16-28(29(22-26)27-14-10-9-11-24(27)2)31(35)33-30(32(36)37)18-21-38-3/h9-11,14-16,22,25,30H,4-8,12-13,17-21,23H2,1-3H3,(H,33,35)(H,36,37). The van der Waals surface area contributed by atoms with E-state index in [-0.39, 0.29) is 5.91 Å². The number of rotatable bonds is 15. The normalized spacial score (nSPS) is 14.9. The number of benzene rings is 2. The van der Waals surface area contributed by atoms with Crippen LogP contribution in [0.1, 0.15) is 86.2 Å². The van der Waals surface area contributed by atoms with Crippen LogP contribution < -0.4 is 5.32 Å². The molecule has 0 spiro atoms. The van der Waals surface area contributed by atoms with Crippen LogP contribution in [0.4, 0.5) is 0 Å². The molecule has 5 nitrogen and oxygen atoms in total. The minimum Gasteiger partial charge on any atom is -0.480 e. The third-order valence-electron chi connectivity index (χ3n) is 7.79. The molecule has 6 heteroatoms. The first-order valence-electron chi connectivity index (χ1n) is 14.4. The van der Waals surface area contributed by atoms with E-state index < -0.39 is 12.0 Å². The first kappa shape index (κ1) is 30.2. The number of unbranched alkanes of at least 4 members (excludes halogenated alkanes) is 1. The Kier molecular flexibility index (Phi) is 12.7. The van der Waals surface area contributed by atoms with E-state index in [1.165, 1.54) is 56.9 Å². The van der Waals surface area contributed by atoms with Crippen LogP contribution in [0, 0.1) is 12.8 Å². The van der Waals surface area contributed by atoms with Gasteiger partial charge in [0.1, 0.15) is 6.04 Å². The zero-order valence-corrected chi connectivity index (χ0v) is 24.3. The number of nitrogens with zero attached hydrogens (tertiary/aromatic N) is 1. The van der Waals surface area contributed by atoms with Crippen LogP contribution in [0.3, 0.4) is 0 Å². The molecule has 0 saturated heterocycles. The molecule has 2 N–H and O–H groups in total. The lowest BCUT2D eigenvalue weighted by Crippen LogP contribution is -2.41. The summed E-state index contributed by atoms with van der Waals surface area (Å²) in [6.45, 7) is 7.36. The average molecular weight is 539 g/mol. The lowest BCUT2D eigenvalue weighted by atomic mass is 9.87. The van der Waals surface area contributed by atoms with E-state index in [0.717, 1.165) is 42.2 Å². The lowest BCUT2D eigenvalue weighted by Gasteiger charge is -2.27. The summed E-state index contributed by atoms with van der Waals surface area (Å²) in [5, 5.41) is 12.4. The highest BCUT2D eigenvalue weighted by Crippen LogP contribution is 2.30. The predicted molar refractivity (Wildman–Crippen MR) is 160 cm³/mol. The van der Waals surface area contributed by atoms with Gasteiger partial charge in [0.05, 0.1) is 0 Å². The monoisotopic (exact) mass is 538 g/mol. The molecular weight excluding hydrogens is 492 g/mol. The Balaban J connectivity index is 1.85. The molecule has 1 fully saturated rings. The van der Waals surface area contributed by atoms with Gasteiger partial charge < -0.3 is 10.4 Å². The molecule has 1 unspecified atom stereocenters. The number of thioether (sulfide) groups is 1. The van der Waals surface area contributed by atoms with E-state index in [9.17, 15) is 14.7 Å². The van der Waals surface area contributed by atoms with Crippen LogP contribution in [0.2, 0.25) is 0 Å². The maximum atomic E-state index is 13.4. The third kappa shape index (κ3) is 9.16. The highest BCUT2D eigenvalue weighted by Gasteiger charge is 2.23. The van der Waals surface area contributed by atoms with E-state index in [4.69, 9.17) is 0 Å². The van der Waals surface area contributed by atoms with E-state index in [1.807, 2.05) is 36.6 Å². The number of carboxylic acid groups (broad SMARTS) is 1. The van der Waals surface area contributed by atoms with Crippen molar-refractivity contribution in [2.45, 2.75) is 84.2 Å². The van der Waals surface area contributed by atoms with Crippen molar-refractivity contribution in [1.29, 1.82) is 0 Å². The zero-order valence-electron chi connectivity index (χ0n) is 23.5. The Labute approximate surface area is 233 Å². The van der Waals surface area contributed by atoms with Gasteiger partial charge in [-0.15, -0.1) is 0 Å². The van der Waals surface area contributed by atoms with Crippen molar-refractivity contribution in [2.24, 2.45) is 5.92 Å². The van der Waals surface area contributed by atoms with Gasteiger partial charge in [0, 0.05) is 12.1 Å². The largest absolute Gasteiger partial charge is 0.480 e. The number of carbonyl (C=O) groups is 2. The van der Waals surface area contributed by atoms with Crippen molar-refractivity contribution in [3.8, 4) is 11.1 Å². The molecule has 0 aliphatic heterocycles.